The largest absolute Gasteiger partial charge is 0.335 e. The van der Waals surface area contributed by atoms with Gasteiger partial charge < -0.3 is 10.6 Å². The van der Waals surface area contributed by atoms with Crippen LogP contribution in [0.15, 0.2) is 12.4 Å². The van der Waals surface area contributed by atoms with E-state index in [2.05, 4.69) is 5.10 Å². The summed E-state index contributed by atoms with van der Waals surface area (Å²) in [5, 5.41) is 4.15. The number of hydrogen-bond donors (Lipinski definition) is 1. The first kappa shape index (κ1) is 11.1. The van der Waals surface area contributed by atoms with Crippen molar-refractivity contribution in [2.24, 2.45) is 12.8 Å². The topological polar surface area (TPSA) is 64.2 Å². The summed E-state index contributed by atoms with van der Waals surface area (Å²) in [6.07, 6.45) is 6.37. The van der Waals surface area contributed by atoms with Crippen LogP contribution in [0.3, 0.4) is 0 Å². The Labute approximate surface area is 95.2 Å². The molecular formula is C11H18N4O. The minimum atomic E-state index is 0.161. The average molecular weight is 222 g/mol. The first-order chi connectivity index (χ1) is 7.72. The molecule has 5 heteroatoms. The number of nitrogens with zero attached hydrogens (tertiary/aromatic N) is 3. The van der Waals surface area contributed by atoms with Gasteiger partial charge in [-0.3, -0.25) is 9.48 Å². The number of carbonyl (C=O) groups is 1. The normalized spacial score (nSPS) is 20.4. The van der Waals surface area contributed by atoms with Gasteiger partial charge >= 0.3 is 0 Å². The Morgan fingerprint density at radius 1 is 1.69 bits per heavy atom. The van der Waals surface area contributed by atoms with E-state index in [1.54, 1.807) is 4.68 Å². The van der Waals surface area contributed by atoms with Crippen molar-refractivity contribution in [3.05, 3.63) is 18.0 Å². The van der Waals surface area contributed by atoms with Gasteiger partial charge in [0.15, 0.2) is 0 Å². The van der Waals surface area contributed by atoms with Crippen molar-refractivity contribution in [3.63, 3.8) is 0 Å². The maximum atomic E-state index is 11.9. The zero-order valence-electron chi connectivity index (χ0n) is 9.59. The number of aromatic nitrogens is 2. The van der Waals surface area contributed by atoms with Gasteiger partial charge in [-0.15, -0.1) is 0 Å². The molecule has 1 unspecified atom stereocenters. The van der Waals surface area contributed by atoms with E-state index >= 15 is 0 Å². The summed E-state index contributed by atoms with van der Waals surface area (Å²) in [4.78, 5) is 13.8. The minimum absolute atomic E-state index is 0.161. The number of amides is 1. The highest BCUT2D eigenvalue weighted by molar-refractivity contribution is 5.77. The van der Waals surface area contributed by atoms with Crippen LogP contribution in [0.25, 0.3) is 0 Å². The summed E-state index contributed by atoms with van der Waals surface area (Å²) in [6, 6.07) is 0.202. The van der Waals surface area contributed by atoms with Crippen molar-refractivity contribution in [3.8, 4) is 0 Å². The monoisotopic (exact) mass is 222 g/mol. The predicted octanol–water partition coefficient (Wildman–Crippen LogP) is 0.432. The highest BCUT2D eigenvalue weighted by Crippen LogP contribution is 2.31. The van der Waals surface area contributed by atoms with Crippen LogP contribution in [-0.4, -0.2) is 33.7 Å². The Balaban J connectivity index is 2.11. The van der Waals surface area contributed by atoms with E-state index in [-0.39, 0.29) is 11.9 Å². The molecular weight excluding hydrogens is 204 g/mol. The molecule has 1 saturated heterocycles. The molecule has 2 rings (SSSR count). The lowest BCUT2D eigenvalue weighted by molar-refractivity contribution is -0.131. The SMILES string of the molecule is Cn1cc(C2CCCN2C(=O)CCN)cn1. The fourth-order valence-corrected chi connectivity index (χ4v) is 2.29. The van der Waals surface area contributed by atoms with Crippen LogP contribution in [0.4, 0.5) is 0 Å². The third-order valence-corrected chi connectivity index (χ3v) is 3.04. The molecule has 88 valence electrons. The van der Waals surface area contributed by atoms with Crippen molar-refractivity contribution in [2.75, 3.05) is 13.1 Å². The van der Waals surface area contributed by atoms with E-state index in [1.807, 2.05) is 24.3 Å². The van der Waals surface area contributed by atoms with Crippen LogP contribution < -0.4 is 5.73 Å². The number of aryl methyl sites for hydroxylation is 1. The van der Waals surface area contributed by atoms with E-state index in [9.17, 15) is 4.79 Å². The smallest absolute Gasteiger partial charge is 0.224 e. The zero-order chi connectivity index (χ0) is 11.5. The van der Waals surface area contributed by atoms with Gasteiger partial charge in [0.05, 0.1) is 12.2 Å². The van der Waals surface area contributed by atoms with Gasteiger partial charge in [-0.2, -0.15) is 5.10 Å². The molecule has 1 fully saturated rings. The number of likely N-dealkylation sites (tertiary alicyclic amines) is 1. The molecule has 0 bridgehead atoms. The Morgan fingerprint density at radius 2 is 2.50 bits per heavy atom. The molecule has 1 atom stereocenters. The summed E-state index contributed by atoms with van der Waals surface area (Å²) in [5.41, 5.74) is 6.55. The highest BCUT2D eigenvalue weighted by Gasteiger charge is 2.29. The van der Waals surface area contributed by atoms with E-state index in [0.29, 0.717) is 13.0 Å². The maximum absolute atomic E-state index is 11.9. The van der Waals surface area contributed by atoms with Crippen LogP contribution in [0.2, 0.25) is 0 Å². The van der Waals surface area contributed by atoms with Crippen LogP contribution in [0.1, 0.15) is 30.9 Å². The minimum Gasteiger partial charge on any atom is -0.335 e. The van der Waals surface area contributed by atoms with Gasteiger partial charge in [0.25, 0.3) is 0 Å². The molecule has 1 aromatic rings. The van der Waals surface area contributed by atoms with E-state index in [1.165, 1.54) is 0 Å². The molecule has 2 N–H and O–H groups in total. The molecule has 0 radical (unpaired) electrons. The molecule has 16 heavy (non-hydrogen) atoms. The number of hydrogen-bond acceptors (Lipinski definition) is 3. The molecule has 1 amide bonds. The van der Waals surface area contributed by atoms with E-state index < -0.39 is 0 Å². The quantitative estimate of drug-likeness (QED) is 0.806. The number of nitrogens with two attached hydrogens (primary N) is 1. The van der Waals surface area contributed by atoms with Crippen molar-refractivity contribution < 1.29 is 4.79 Å². The van der Waals surface area contributed by atoms with E-state index in [0.717, 1.165) is 24.9 Å². The molecule has 0 aromatic carbocycles. The molecule has 0 aliphatic carbocycles. The molecule has 1 aliphatic rings. The van der Waals surface area contributed by atoms with Crippen molar-refractivity contribution in [2.45, 2.75) is 25.3 Å². The van der Waals surface area contributed by atoms with Crippen LogP contribution in [-0.2, 0) is 11.8 Å². The second kappa shape index (κ2) is 4.65. The number of carbonyl (C=O) groups excluding carboxylic acids is 1. The summed E-state index contributed by atoms with van der Waals surface area (Å²) < 4.78 is 1.78. The van der Waals surface area contributed by atoms with Gasteiger partial charge in [0.2, 0.25) is 5.91 Å². The molecule has 2 heterocycles. The Morgan fingerprint density at radius 3 is 3.12 bits per heavy atom. The first-order valence-corrected chi connectivity index (χ1v) is 5.70. The standard InChI is InChI=1S/C11H18N4O/c1-14-8-9(7-13-14)10-3-2-6-15(10)11(16)4-5-12/h7-8,10H,2-6,12H2,1H3. The van der Waals surface area contributed by atoms with Crippen molar-refractivity contribution in [1.29, 1.82) is 0 Å². The van der Waals surface area contributed by atoms with Gasteiger partial charge in [0, 0.05) is 38.3 Å². The average Bonchev–Trinajstić information content (AvgIpc) is 2.85. The van der Waals surface area contributed by atoms with Crippen LogP contribution in [0, 0.1) is 0 Å². The third-order valence-electron chi connectivity index (χ3n) is 3.04. The fraction of sp³-hybridized carbons (Fsp3) is 0.636. The first-order valence-electron chi connectivity index (χ1n) is 5.70. The van der Waals surface area contributed by atoms with E-state index in [4.69, 9.17) is 5.73 Å². The molecule has 5 nitrogen and oxygen atoms in total. The van der Waals surface area contributed by atoms with Gasteiger partial charge in [-0.25, -0.2) is 0 Å². The van der Waals surface area contributed by atoms with Crippen LogP contribution in [0.5, 0.6) is 0 Å². The lowest BCUT2D eigenvalue weighted by Gasteiger charge is -2.23. The second-order valence-corrected chi connectivity index (χ2v) is 4.23. The summed E-state index contributed by atoms with van der Waals surface area (Å²) >= 11 is 0. The predicted molar refractivity (Wildman–Crippen MR) is 60.6 cm³/mol. The third kappa shape index (κ3) is 2.09. The highest BCUT2D eigenvalue weighted by atomic mass is 16.2. The Hall–Kier alpha value is -1.36. The maximum Gasteiger partial charge on any atom is 0.224 e. The van der Waals surface area contributed by atoms with Crippen molar-refractivity contribution in [1.82, 2.24) is 14.7 Å². The molecule has 0 spiro atoms. The summed E-state index contributed by atoms with van der Waals surface area (Å²) in [7, 11) is 1.89. The Bertz CT molecular complexity index is 374. The molecule has 1 aromatic heterocycles. The lowest BCUT2D eigenvalue weighted by atomic mass is 10.1. The Kier molecular flexibility index (Phi) is 3.24. The fourth-order valence-electron chi connectivity index (χ4n) is 2.29. The van der Waals surface area contributed by atoms with Gasteiger partial charge in [-0.05, 0) is 12.8 Å². The lowest BCUT2D eigenvalue weighted by Crippen LogP contribution is -2.31. The van der Waals surface area contributed by atoms with Crippen LogP contribution >= 0.6 is 0 Å². The summed E-state index contributed by atoms with van der Waals surface area (Å²) in [5.74, 6) is 0.161. The molecule has 0 saturated carbocycles. The second-order valence-electron chi connectivity index (χ2n) is 4.23. The number of rotatable bonds is 3. The van der Waals surface area contributed by atoms with Gasteiger partial charge in [-0.1, -0.05) is 0 Å². The zero-order valence-corrected chi connectivity index (χ0v) is 9.59. The van der Waals surface area contributed by atoms with Crippen molar-refractivity contribution >= 4 is 5.91 Å². The van der Waals surface area contributed by atoms with Gasteiger partial charge in [0.1, 0.15) is 0 Å². The molecule has 1 aliphatic heterocycles. The summed E-state index contributed by atoms with van der Waals surface area (Å²) in [6.45, 7) is 1.27.